The van der Waals surface area contributed by atoms with E-state index in [1.165, 1.54) is 18.2 Å². The maximum atomic E-state index is 10.5. The number of halogens is 1. The van der Waals surface area contributed by atoms with Crippen LogP contribution in [0.15, 0.2) is 18.2 Å². The number of aliphatic hydroxyl groups excluding tert-OH is 1. The van der Waals surface area contributed by atoms with Crippen molar-refractivity contribution in [3.05, 3.63) is 23.2 Å². The number of nitrogens with zero attached hydrogens (tertiary/aromatic N) is 1. The first-order valence-electron chi connectivity index (χ1n) is 4.42. The molecule has 1 aromatic carbocycles. The van der Waals surface area contributed by atoms with Crippen LogP contribution in [0.25, 0.3) is 0 Å². The first-order valence-corrected chi connectivity index (χ1v) is 4.80. The number of hydroxylamine groups is 1. The summed E-state index contributed by atoms with van der Waals surface area (Å²) in [6, 6.07) is 4.20. The quantitative estimate of drug-likeness (QED) is 0.479. The van der Waals surface area contributed by atoms with Gasteiger partial charge in [-0.05, 0) is 18.2 Å². The predicted molar refractivity (Wildman–Crippen MR) is 59.3 cm³/mol. The van der Waals surface area contributed by atoms with Crippen molar-refractivity contribution in [3.8, 4) is 0 Å². The van der Waals surface area contributed by atoms with Crippen molar-refractivity contribution in [3.63, 3.8) is 0 Å². The Morgan fingerprint density at radius 2 is 2.19 bits per heavy atom. The maximum Gasteiger partial charge on any atom is 0.436 e. The van der Waals surface area contributed by atoms with Crippen LogP contribution in [0.2, 0.25) is 5.02 Å². The summed E-state index contributed by atoms with van der Waals surface area (Å²) in [4.78, 5) is 10.5. The molecule has 4 N–H and O–H groups in total. The molecule has 0 heterocycles. The third kappa shape index (κ3) is 2.99. The smallest absolute Gasteiger partial charge is 0.436 e. The van der Waals surface area contributed by atoms with E-state index in [2.05, 4.69) is 5.32 Å². The molecule has 0 aliphatic rings. The molecule has 88 valence electrons. The molecule has 6 nitrogen and oxygen atoms in total. The molecule has 1 aromatic rings. The number of anilines is 2. The molecule has 0 saturated heterocycles. The van der Waals surface area contributed by atoms with E-state index in [0.29, 0.717) is 12.2 Å². The third-order valence-corrected chi connectivity index (χ3v) is 2.12. The molecule has 0 radical (unpaired) electrons. The molecular weight excluding hydrogens is 236 g/mol. The molecular formula is C9H11ClN2O4. The molecule has 0 aliphatic carbocycles. The molecule has 7 heteroatoms. The summed E-state index contributed by atoms with van der Waals surface area (Å²) < 4.78 is 0. The third-order valence-electron chi connectivity index (χ3n) is 1.81. The van der Waals surface area contributed by atoms with Crippen LogP contribution in [0.5, 0.6) is 0 Å². The van der Waals surface area contributed by atoms with E-state index >= 15 is 0 Å². The maximum absolute atomic E-state index is 10.5. The zero-order valence-corrected chi connectivity index (χ0v) is 8.98. The van der Waals surface area contributed by atoms with Crippen LogP contribution in [0.3, 0.4) is 0 Å². The fourth-order valence-corrected chi connectivity index (χ4v) is 1.32. The lowest BCUT2D eigenvalue weighted by molar-refractivity contribution is 0.160. The van der Waals surface area contributed by atoms with Crippen molar-refractivity contribution < 1.29 is 20.2 Å². The van der Waals surface area contributed by atoms with Crippen molar-refractivity contribution in [1.29, 1.82) is 0 Å². The van der Waals surface area contributed by atoms with Crippen LogP contribution in [0, 0.1) is 0 Å². The van der Waals surface area contributed by atoms with E-state index < -0.39 is 6.09 Å². The molecule has 0 spiro atoms. The van der Waals surface area contributed by atoms with Gasteiger partial charge in [-0.1, -0.05) is 11.6 Å². The van der Waals surface area contributed by atoms with Gasteiger partial charge in [0.1, 0.15) is 0 Å². The van der Waals surface area contributed by atoms with Gasteiger partial charge in [0.15, 0.2) is 0 Å². The van der Waals surface area contributed by atoms with Crippen molar-refractivity contribution >= 4 is 29.1 Å². The summed E-state index contributed by atoms with van der Waals surface area (Å²) in [7, 11) is 0. The number of carboxylic acid groups (broad SMARTS) is 1. The predicted octanol–water partition coefficient (Wildman–Crippen LogP) is 1.62. The molecule has 0 saturated carbocycles. The molecule has 0 aromatic heterocycles. The molecule has 1 amide bonds. The summed E-state index contributed by atoms with van der Waals surface area (Å²) >= 11 is 5.84. The Morgan fingerprint density at radius 1 is 1.50 bits per heavy atom. The Balaban J connectivity index is 2.86. The van der Waals surface area contributed by atoms with Crippen LogP contribution in [0.1, 0.15) is 0 Å². The molecule has 0 unspecified atom stereocenters. The van der Waals surface area contributed by atoms with Gasteiger partial charge < -0.3 is 15.5 Å². The van der Waals surface area contributed by atoms with Gasteiger partial charge in [0.2, 0.25) is 0 Å². The number of hydrogen-bond acceptors (Lipinski definition) is 4. The number of benzene rings is 1. The van der Waals surface area contributed by atoms with Gasteiger partial charge in [-0.25, -0.2) is 4.79 Å². The number of hydrogen-bond donors (Lipinski definition) is 4. The van der Waals surface area contributed by atoms with Gasteiger partial charge in [0.05, 0.1) is 23.0 Å². The number of rotatable bonds is 4. The average molecular weight is 247 g/mol. The Morgan fingerprint density at radius 3 is 2.69 bits per heavy atom. The van der Waals surface area contributed by atoms with Crippen molar-refractivity contribution in [2.24, 2.45) is 0 Å². The fourth-order valence-electron chi connectivity index (χ4n) is 1.08. The highest BCUT2D eigenvalue weighted by Crippen LogP contribution is 2.26. The minimum Gasteiger partial charge on any atom is -0.463 e. The van der Waals surface area contributed by atoms with Gasteiger partial charge in [0, 0.05) is 6.54 Å². The van der Waals surface area contributed by atoms with Crippen LogP contribution in [-0.2, 0) is 0 Å². The van der Waals surface area contributed by atoms with E-state index in [9.17, 15) is 4.79 Å². The minimum atomic E-state index is -1.49. The number of carbonyl (C=O) groups is 1. The van der Waals surface area contributed by atoms with Gasteiger partial charge in [0.25, 0.3) is 0 Å². The highest BCUT2D eigenvalue weighted by Gasteiger charge is 2.12. The van der Waals surface area contributed by atoms with Gasteiger partial charge in [-0.15, -0.1) is 0 Å². The highest BCUT2D eigenvalue weighted by atomic mass is 35.5. The molecule has 0 fully saturated rings. The zero-order chi connectivity index (χ0) is 12.1. The number of nitrogens with one attached hydrogen (secondary N) is 1. The number of aliphatic hydroxyl groups is 1. The minimum absolute atomic E-state index is 0.0423. The Kier molecular flexibility index (Phi) is 4.36. The number of amides is 1. The second kappa shape index (κ2) is 5.55. The van der Waals surface area contributed by atoms with E-state index in [0.717, 1.165) is 0 Å². The van der Waals surface area contributed by atoms with Gasteiger partial charge in [-0.3, -0.25) is 5.21 Å². The normalized spacial score (nSPS) is 9.94. The first-order chi connectivity index (χ1) is 7.56. The van der Waals surface area contributed by atoms with Crippen LogP contribution < -0.4 is 10.4 Å². The lowest BCUT2D eigenvalue weighted by atomic mass is 10.2. The highest BCUT2D eigenvalue weighted by molar-refractivity contribution is 6.33. The van der Waals surface area contributed by atoms with E-state index in [-0.39, 0.29) is 22.4 Å². The van der Waals surface area contributed by atoms with Crippen LogP contribution in [0.4, 0.5) is 16.2 Å². The largest absolute Gasteiger partial charge is 0.463 e. The molecule has 0 bridgehead atoms. The lowest BCUT2D eigenvalue weighted by Crippen LogP contribution is -2.24. The summed E-state index contributed by atoms with van der Waals surface area (Å²) in [6.45, 7) is 0.292. The summed E-state index contributed by atoms with van der Waals surface area (Å²) in [5.74, 6) is 0. The Labute approximate surface area is 96.6 Å². The van der Waals surface area contributed by atoms with E-state index in [1.54, 1.807) is 0 Å². The Hall–Kier alpha value is -1.50. The van der Waals surface area contributed by atoms with E-state index in [4.69, 9.17) is 27.0 Å². The SMILES string of the molecule is O=C(O)N(O)c1ccc(NCCO)c(Cl)c1. The topological polar surface area (TPSA) is 93.0 Å². The fraction of sp³-hybridized carbons (Fsp3) is 0.222. The van der Waals surface area contributed by atoms with E-state index in [1.807, 2.05) is 0 Å². The average Bonchev–Trinajstić information content (AvgIpc) is 2.26. The lowest BCUT2D eigenvalue weighted by Gasteiger charge is -2.13. The summed E-state index contributed by atoms with van der Waals surface area (Å²) in [5.41, 5.74) is 0.602. The summed E-state index contributed by atoms with van der Waals surface area (Å²) in [5, 5.41) is 29.4. The molecule has 0 aliphatic heterocycles. The van der Waals surface area contributed by atoms with Crippen molar-refractivity contribution in [2.45, 2.75) is 0 Å². The second-order valence-corrected chi connectivity index (χ2v) is 3.32. The molecule has 16 heavy (non-hydrogen) atoms. The zero-order valence-electron chi connectivity index (χ0n) is 8.22. The van der Waals surface area contributed by atoms with Gasteiger partial charge in [-0.2, -0.15) is 5.06 Å². The van der Waals surface area contributed by atoms with Crippen molar-refractivity contribution in [2.75, 3.05) is 23.5 Å². The second-order valence-electron chi connectivity index (χ2n) is 2.91. The van der Waals surface area contributed by atoms with Crippen LogP contribution >= 0.6 is 11.6 Å². The van der Waals surface area contributed by atoms with Gasteiger partial charge >= 0.3 is 6.09 Å². The molecule has 1 rings (SSSR count). The standard InChI is InChI=1S/C9H11ClN2O4/c10-7-5-6(12(16)9(14)15)1-2-8(7)11-3-4-13/h1-2,5,11,13,16H,3-4H2,(H,14,15). The monoisotopic (exact) mass is 246 g/mol. The molecule has 0 atom stereocenters. The first kappa shape index (κ1) is 12.6. The Bertz CT molecular complexity index is 386. The summed E-state index contributed by atoms with van der Waals surface area (Å²) in [6.07, 6.45) is -1.49. The van der Waals surface area contributed by atoms with Crippen molar-refractivity contribution in [1.82, 2.24) is 0 Å². The van der Waals surface area contributed by atoms with Crippen LogP contribution in [-0.4, -0.2) is 34.7 Å².